The second-order valence-corrected chi connectivity index (χ2v) is 8.37. The molecule has 2 aliphatic rings. The van der Waals surface area contributed by atoms with Gasteiger partial charge in [0, 0.05) is 30.5 Å². The zero-order chi connectivity index (χ0) is 14.5. The quantitative estimate of drug-likeness (QED) is 0.801. The maximum atomic E-state index is 12.8. The average Bonchev–Trinajstić information content (AvgIpc) is 3.12. The summed E-state index contributed by atoms with van der Waals surface area (Å²) >= 11 is 5.93. The van der Waals surface area contributed by atoms with E-state index in [2.05, 4.69) is 0 Å². The second-order valence-electron chi connectivity index (χ2n) is 6.21. The first-order chi connectivity index (χ1) is 9.43. The Balaban J connectivity index is 1.95. The Morgan fingerprint density at radius 1 is 1.40 bits per heavy atom. The molecule has 4 nitrogen and oxygen atoms in total. The lowest BCUT2D eigenvalue weighted by atomic mass is 10.1. The van der Waals surface area contributed by atoms with E-state index in [0.717, 1.165) is 18.5 Å². The number of rotatable bonds is 4. The van der Waals surface area contributed by atoms with Gasteiger partial charge in [0.05, 0.1) is 5.88 Å². The summed E-state index contributed by atoms with van der Waals surface area (Å²) in [5.74, 6) is 0.897. The fourth-order valence-electron chi connectivity index (χ4n) is 3.53. The minimum absolute atomic E-state index is 0.211. The second kappa shape index (κ2) is 5.04. The number of hydrogen-bond donors (Lipinski definition) is 0. The molecule has 0 N–H and O–H groups in total. The third-order valence-electron chi connectivity index (χ3n) is 4.57. The molecule has 2 fully saturated rings. The van der Waals surface area contributed by atoms with Gasteiger partial charge >= 0.3 is 0 Å². The molecule has 1 aliphatic heterocycles. The minimum Gasteiger partial charge on any atom is -0.346 e. The molecule has 2 bridgehead atoms. The van der Waals surface area contributed by atoms with Gasteiger partial charge in [0.25, 0.3) is 0 Å². The first-order valence-electron chi connectivity index (χ1n) is 7.22. The molecule has 0 radical (unpaired) electrons. The van der Waals surface area contributed by atoms with E-state index < -0.39 is 10.0 Å². The van der Waals surface area contributed by atoms with Gasteiger partial charge in [0.1, 0.15) is 4.90 Å². The standard InChI is InChI=1S/C14H21ClN2O2S/c1-10(2)16-9-14(6-13(16)7-15)20(18,19)17-8-11-3-4-12(17)5-11/h6,9-12H,3-5,7-8H2,1-2H3. The molecule has 1 saturated carbocycles. The molecule has 6 heteroatoms. The highest BCUT2D eigenvalue weighted by molar-refractivity contribution is 7.89. The van der Waals surface area contributed by atoms with Crippen molar-refractivity contribution in [3.63, 3.8) is 0 Å². The summed E-state index contributed by atoms with van der Waals surface area (Å²) < 4.78 is 29.3. The van der Waals surface area contributed by atoms with Crippen molar-refractivity contribution in [2.24, 2.45) is 5.92 Å². The van der Waals surface area contributed by atoms with Gasteiger partial charge in [-0.05, 0) is 45.1 Å². The number of nitrogens with zero attached hydrogens (tertiary/aromatic N) is 2. The summed E-state index contributed by atoms with van der Waals surface area (Å²) in [6.07, 6.45) is 4.96. The predicted octanol–water partition coefficient (Wildman–Crippen LogP) is 2.98. The van der Waals surface area contributed by atoms with Gasteiger partial charge in [-0.2, -0.15) is 4.31 Å². The molecule has 20 heavy (non-hydrogen) atoms. The SMILES string of the molecule is CC(C)n1cc(S(=O)(=O)N2CC3CCC2C3)cc1CCl. The summed E-state index contributed by atoms with van der Waals surface area (Å²) in [6.45, 7) is 4.75. The first kappa shape index (κ1) is 14.4. The van der Waals surface area contributed by atoms with Crippen LogP contribution in [0, 0.1) is 5.92 Å². The van der Waals surface area contributed by atoms with Gasteiger partial charge in [-0.25, -0.2) is 8.42 Å². The molecule has 1 aromatic rings. The zero-order valence-corrected chi connectivity index (χ0v) is 13.5. The van der Waals surface area contributed by atoms with E-state index >= 15 is 0 Å². The van der Waals surface area contributed by atoms with Crippen molar-refractivity contribution >= 4 is 21.6 Å². The number of sulfonamides is 1. The smallest absolute Gasteiger partial charge is 0.244 e. The molecule has 1 aromatic heterocycles. The van der Waals surface area contributed by atoms with Crippen LogP contribution in [0.1, 0.15) is 44.8 Å². The van der Waals surface area contributed by atoms with Crippen molar-refractivity contribution in [2.45, 2.75) is 56.0 Å². The summed E-state index contributed by atoms with van der Waals surface area (Å²) in [5.41, 5.74) is 0.865. The van der Waals surface area contributed by atoms with E-state index in [-0.39, 0.29) is 12.1 Å². The van der Waals surface area contributed by atoms with Gasteiger partial charge < -0.3 is 4.57 Å². The number of hydrogen-bond acceptors (Lipinski definition) is 2. The molecule has 2 heterocycles. The van der Waals surface area contributed by atoms with E-state index in [1.54, 1.807) is 16.6 Å². The molecule has 0 aromatic carbocycles. The lowest BCUT2D eigenvalue weighted by Crippen LogP contribution is -2.37. The molecule has 3 rings (SSSR count). The van der Waals surface area contributed by atoms with Crippen LogP contribution in [0.5, 0.6) is 0 Å². The lowest BCUT2D eigenvalue weighted by molar-refractivity contribution is 0.333. The summed E-state index contributed by atoms with van der Waals surface area (Å²) in [4.78, 5) is 0.398. The molecule has 2 atom stereocenters. The number of fused-ring (bicyclic) bond motifs is 2. The van der Waals surface area contributed by atoms with Gasteiger partial charge in [-0.3, -0.25) is 0 Å². The maximum Gasteiger partial charge on any atom is 0.244 e. The molecule has 1 aliphatic carbocycles. The van der Waals surface area contributed by atoms with Crippen LogP contribution in [-0.2, 0) is 15.9 Å². The van der Waals surface area contributed by atoms with Crippen molar-refractivity contribution in [3.05, 3.63) is 18.0 Å². The Bertz CT molecular complexity index is 609. The highest BCUT2D eigenvalue weighted by Gasteiger charge is 2.44. The normalized spacial score (nSPS) is 26.8. The van der Waals surface area contributed by atoms with Gasteiger partial charge in [-0.1, -0.05) is 0 Å². The Kier molecular flexibility index (Phi) is 3.63. The topological polar surface area (TPSA) is 42.3 Å². The highest BCUT2D eigenvalue weighted by Crippen LogP contribution is 2.40. The van der Waals surface area contributed by atoms with Crippen LogP contribution in [0.3, 0.4) is 0 Å². The Morgan fingerprint density at radius 3 is 2.60 bits per heavy atom. The minimum atomic E-state index is -3.36. The molecule has 0 amide bonds. The van der Waals surface area contributed by atoms with Crippen molar-refractivity contribution < 1.29 is 8.42 Å². The Hall–Kier alpha value is -0.520. The Labute approximate surface area is 125 Å². The maximum absolute atomic E-state index is 12.8. The van der Waals surface area contributed by atoms with Crippen LogP contribution < -0.4 is 0 Å². The lowest BCUT2D eigenvalue weighted by Gasteiger charge is -2.25. The van der Waals surface area contributed by atoms with Gasteiger partial charge in [-0.15, -0.1) is 11.6 Å². The number of piperidine rings is 1. The number of halogens is 1. The van der Waals surface area contributed by atoms with Crippen LogP contribution in [0.25, 0.3) is 0 Å². The van der Waals surface area contributed by atoms with E-state index in [1.807, 2.05) is 18.4 Å². The zero-order valence-electron chi connectivity index (χ0n) is 11.9. The van der Waals surface area contributed by atoms with Crippen LogP contribution in [0.4, 0.5) is 0 Å². The van der Waals surface area contributed by atoms with E-state index in [1.165, 1.54) is 6.42 Å². The number of alkyl halides is 1. The van der Waals surface area contributed by atoms with E-state index in [4.69, 9.17) is 11.6 Å². The molecule has 1 saturated heterocycles. The van der Waals surface area contributed by atoms with Crippen molar-refractivity contribution in [2.75, 3.05) is 6.54 Å². The highest BCUT2D eigenvalue weighted by atomic mass is 35.5. The number of aromatic nitrogens is 1. The molecule has 0 spiro atoms. The van der Waals surface area contributed by atoms with Crippen LogP contribution in [0.15, 0.2) is 17.2 Å². The average molecular weight is 317 g/mol. The summed E-state index contributed by atoms with van der Waals surface area (Å²) in [7, 11) is -3.36. The van der Waals surface area contributed by atoms with Gasteiger partial charge in [0.2, 0.25) is 10.0 Å². The largest absolute Gasteiger partial charge is 0.346 e. The van der Waals surface area contributed by atoms with Crippen molar-refractivity contribution in [3.8, 4) is 0 Å². The van der Waals surface area contributed by atoms with Crippen LogP contribution in [0.2, 0.25) is 0 Å². The van der Waals surface area contributed by atoms with Crippen LogP contribution >= 0.6 is 11.6 Å². The predicted molar refractivity (Wildman–Crippen MR) is 79.4 cm³/mol. The van der Waals surface area contributed by atoms with Crippen molar-refractivity contribution in [1.29, 1.82) is 0 Å². The van der Waals surface area contributed by atoms with Crippen molar-refractivity contribution in [1.82, 2.24) is 8.87 Å². The molecular formula is C14H21ClN2O2S. The molecule has 112 valence electrons. The summed E-state index contributed by atoms with van der Waals surface area (Å²) in [6, 6.07) is 2.16. The fourth-order valence-corrected chi connectivity index (χ4v) is 5.54. The summed E-state index contributed by atoms with van der Waals surface area (Å²) in [5, 5.41) is 0. The monoisotopic (exact) mass is 316 g/mol. The molecular weight excluding hydrogens is 296 g/mol. The van der Waals surface area contributed by atoms with E-state index in [9.17, 15) is 8.42 Å². The van der Waals surface area contributed by atoms with Crippen LogP contribution in [-0.4, -0.2) is 29.9 Å². The fraction of sp³-hybridized carbons (Fsp3) is 0.714. The van der Waals surface area contributed by atoms with E-state index in [0.29, 0.717) is 23.2 Å². The third-order valence-corrected chi connectivity index (χ3v) is 6.72. The third kappa shape index (κ3) is 2.20. The Morgan fingerprint density at radius 2 is 2.15 bits per heavy atom. The molecule has 2 unspecified atom stereocenters. The van der Waals surface area contributed by atoms with Gasteiger partial charge in [0.15, 0.2) is 0 Å². The first-order valence-corrected chi connectivity index (χ1v) is 9.19.